The second-order valence-corrected chi connectivity index (χ2v) is 5.55. The molecule has 0 amide bonds. The highest BCUT2D eigenvalue weighted by molar-refractivity contribution is 4.84. The van der Waals surface area contributed by atoms with Crippen molar-refractivity contribution in [2.45, 2.75) is 44.6 Å². The molecule has 1 saturated heterocycles. The quantitative estimate of drug-likeness (QED) is 0.729. The van der Waals surface area contributed by atoms with Gasteiger partial charge in [0.1, 0.15) is 0 Å². The molecule has 1 aliphatic heterocycles. The van der Waals surface area contributed by atoms with Crippen molar-refractivity contribution >= 4 is 0 Å². The minimum Gasteiger partial charge on any atom is -0.389 e. The molecule has 20 heavy (non-hydrogen) atoms. The fraction of sp³-hybridized carbons (Fsp3) is 1.00. The van der Waals surface area contributed by atoms with Crippen molar-refractivity contribution < 1.29 is 22.7 Å². The molecule has 0 radical (unpaired) electrons. The Morgan fingerprint density at radius 1 is 0.950 bits per heavy atom. The van der Waals surface area contributed by atoms with Crippen LogP contribution in [0.25, 0.3) is 0 Å². The number of hydrogen-bond donors (Lipinski definition) is 1. The van der Waals surface area contributed by atoms with Gasteiger partial charge in [-0.2, -0.15) is 8.78 Å². The SMILES string of the molecule is CCC(O)(CC)CN1CCN(CC(F)(F)C(F)F)CC1. The Hall–Kier alpha value is -0.400. The van der Waals surface area contributed by atoms with Crippen molar-refractivity contribution in [3.8, 4) is 0 Å². The zero-order valence-corrected chi connectivity index (χ0v) is 12.1. The van der Waals surface area contributed by atoms with E-state index in [9.17, 15) is 22.7 Å². The predicted molar refractivity (Wildman–Crippen MR) is 69.4 cm³/mol. The topological polar surface area (TPSA) is 26.7 Å². The van der Waals surface area contributed by atoms with Crippen molar-refractivity contribution in [2.24, 2.45) is 0 Å². The van der Waals surface area contributed by atoms with Crippen LogP contribution in [0.4, 0.5) is 17.6 Å². The monoisotopic (exact) mass is 300 g/mol. The number of aliphatic hydroxyl groups is 1. The van der Waals surface area contributed by atoms with E-state index in [0.717, 1.165) is 0 Å². The molecule has 1 heterocycles. The van der Waals surface area contributed by atoms with Crippen LogP contribution in [0.2, 0.25) is 0 Å². The molecule has 0 bridgehead atoms. The van der Waals surface area contributed by atoms with E-state index in [2.05, 4.69) is 0 Å². The first-order valence-electron chi connectivity index (χ1n) is 7.05. The van der Waals surface area contributed by atoms with E-state index in [0.29, 0.717) is 45.6 Å². The van der Waals surface area contributed by atoms with Crippen LogP contribution in [-0.2, 0) is 0 Å². The lowest BCUT2D eigenvalue weighted by Crippen LogP contribution is -2.54. The predicted octanol–water partition coefficient (Wildman–Crippen LogP) is 2.06. The fourth-order valence-electron chi connectivity index (χ4n) is 2.36. The lowest BCUT2D eigenvalue weighted by atomic mass is 9.96. The molecule has 3 nitrogen and oxygen atoms in total. The van der Waals surface area contributed by atoms with Gasteiger partial charge in [0, 0.05) is 32.7 Å². The molecular formula is C13H24F4N2O. The van der Waals surface area contributed by atoms with Crippen molar-refractivity contribution in [3.05, 3.63) is 0 Å². The van der Waals surface area contributed by atoms with Crippen LogP contribution >= 0.6 is 0 Å². The zero-order valence-electron chi connectivity index (χ0n) is 12.1. The van der Waals surface area contributed by atoms with E-state index < -0.39 is 24.5 Å². The standard InChI is InChI=1S/C13H24F4N2O/c1-3-12(20,4-2)9-18-5-7-19(8-6-18)10-13(16,17)11(14)15/h11,20H,3-10H2,1-2H3. The molecule has 1 rings (SSSR count). The Morgan fingerprint density at radius 3 is 1.70 bits per heavy atom. The summed E-state index contributed by atoms with van der Waals surface area (Å²) in [5.74, 6) is -3.95. The van der Waals surface area contributed by atoms with Gasteiger partial charge < -0.3 is 5.11 Å². The van der Waals surface area contributed by atoms with Gasteiger partial charge in [-0.3, -0.25) is 9.80 Å². The number of rotatable bonds is 7. The van der Waals surface area contributed by atoms with Crippen LogP contribution in [0, 0.1) is 0 Å². The first-order chi connectivity index (χ1) is 9.22. The number of halogens is 4. The molecule has 0 atom stereocenters. The lowest BCUT2D eigenvalue weighted by molar-refractivity contribution is -0.145. The summed E-state index contributed by atoms with van der Waals surface area (Å²) < 4.78 is 50.2. The van der Waals surface area contributed by atoms with E-state index in [1.165, 1.54) is 4.90 Å². The second-order valence-electron chi connectivity index (χ2n) is 5.55. The maximum Gasteiger partial charge on any atom is 0.319 e. The van der Waals surface area contributed by atoms with Crippen molar-refractivity contribution in [3.63, 3.8) is 0 Å². The van der Waals surface area contributed by atoms with Gasteiger partial charge in [-0.05, 0) is 12.8 Å². The molecule has 0 saturated carbocycles. The van der Waals surface area contributed by atoms with E-state index >= 15 is 0 Å². The minimum atomic E-state index is -3.95. The maximum absolute atomic E-state index is 13.0. The maximum atomic E-state index is 13.0. The lowest BCUT2D eigenvalue weighted by Gasteiger charge is -2.39. The summed E-state index contributed by atoms with van der Waals surface area (Å²) in [4.78, 5) is 3.36. The van der Waals surface area contributed by atoms with Crippen LogP contribution in [0.3, 0.4) is 0 Å². The van der Waals surface area contributed by atoms with Crippen LogP contribution in [0.5, 0.6) is 0 Å². The van der Waals surface area contributed by atoms with Gasteiger partial charge in [0.25, 0.3) is 0 Å². The third-order valence-corrected chi connectivity index (χ3v) is 4.05. The van der Waals surface area contributed by atoms with Gasteiger partial charge in [0.15, 0.2) is 0 Å². The third kappa shape index (κ3) is 4.86. The summed E-state index contributed by atoms with van der Waals surface area (Å²) in [5.41, 5.74) is -0.755. The van der Waals surface area contributed by atoms with E-state index in [-0.39, 0.29) is 0 Å². The molecule has 0 aromatic rings. The van der Waals surface area contributed by atoms with Crippen LogP contribution < -0.4 is 0 Å². The minimum absolute atomic E-state index is 0.325. The molecule has 0 spiro atoms. The average molecular weight is 300 g/mol. The summed E-state index contributed by atoms with van der Waals surface area (Å²) in [6.45, 7) is 5.09. The number of alkyl halides is 4. The number of β-amino-alcohol motifs (C(OH)–C–C–N with tert-alkyl or cyclic N) is 1. The molecule has 120 valence electrons. The van der Waals surface area contributed by atoms with E-state index in [1.807, 2.05) is 18.7 Å². The highest BCUT2D eigenvalue weighted by atomic mass is 19.3. The first kappa shape index (κ1) is 17.7. The summed E-state index contributed by atoms with van der Waals surface area (Å²) in [6, 6.07) is 0. The molecule has 0 unspecified atom stereocenters. The van der Waals surface area contributed by atoms with Crippen LogP contribution in [0.1, 0.15) is 26.7 Å². The third-order valence-electron chi connectivity index (χ3n) is 4.05. The molecule has 0 aromatic heterocycles. The molecule has 0 aliphatic carbocycles. The number of hydrogen-bond acceptors (Lipinski definition) is 3. The largest absolute Gasteiger partial charge is 0.389 e. The summed E-state index contributed by atoms with van der Waals surface area (Å²) in [6.07, 6.45) is -2.36. The highest BCUT2D eigenvalue weighted by Gasteiger charge is 2.42. The van der Waals surface area contributed by atoms with Gasteiger partial charge >= 0.3 is 12.3 Å². The van der Waals surface area contributed by atoms with Crippen molar-refractivity contribution in [1.82, 2.24) is 9.80 Å². The smallest absolute Gasteiger partial charge is 0.319 e. The Kier molecular flexibility index (Phi) is 6.22. The second kappa shape index (κ2) is 7.04. The van der Waals surface area contributed by atoms with Gasteiger partial charge in [0.05, 0.1) is 12.1 Å². The van der Waals surface area contributed by atoms with Gasteiger partial charge in [0.2, 0.25) is 0 Å². The highest BCUT2D eigenvalue weighted by Crippen LogP contribution is 2.25. The Labute approximate surface area is 117 Å². The van der Waals surface area contributed by atoms with E-state index in [1.54, 1.807) is 0 Å². The molecule has 7 heteroatoms. The first-order valence-corrected chi connectivity index (χ1v) is 7.05. The summed E-state index contributed by atoms with van der Waals surface area (Å²) in [7, 11) is 0. The summed E-state index contributed by atoms with van der Waals surface area (Å²) >= 11 is 0. The van der Waals surface area contributed by atoms with Crippen molar-refractivity contribution in [2.75, 3.05) is 39.3 Å². The zero-order chi connectivity index (χ0) is 15.4. The Morgan fingerprint density at radius 2 is 1.35 bits per heavy atom. The molecule has 1 aliphatic rings. The molecule has 0 aromatic carbocycles. The van der Waals surface area contributed by atoms with Gasteiger partial charge in [-0.15, -0.1) is 0 Å². The normalized spacial score (nSPS) is 19.8. The molecular weight excluding hydrogens is 276 g/mol. The van der Waals surface area contributed by atoms with Gasteiger partial charge in [-0.25, -0.2) is 8.78 Å². The van der Waals surface area contributed by atoms with Gasteiger partial charge in [-0.1, -0.05) is 13.8 Å². The van der Waals surface area contributed by atoms with Crippen LogP contribution in [0.15, 0.2) is 0 Å². The number of nitrogens with zero attached hydrogens (tertiary/aromatic N) is 2. The fourth-order valence-corrected chi connectivity index (χ4v) is 2.36. The molecule has 1 fully saturated rings. The molecule has 1 N–H and O–H groups in total. The average Bonchev–Trinajstić information content (AvgIpc) is 2.40. The Balaban J connectivity index is 2.41. The van der Waals surface area contributed by atoms with Crippen molar-refractivity contribution in [1.29, 1.82) is 0 Å². The Bertz CT molecular complexity index is 275. The van der Waals surface area contributed by atoms with Crippen LogP contribution in [-0.4, -0.2) is 72.1 Å². The summed E-state index contributed by atoms with van der Waals surface area (Å²) in [5, 5.41) is 10.2. The van der Waals surface area contributed by atoms with E-state index in [4.69, 9.17) is 0 Å². The number of piperazine rings is 1.